The lowest BCUT2D eigenvalue weighted by Gasteiger charge is -2.34. The van der Waals surface area contributed by atoms with Crippen molar-refractivity contribution in [2.24, 2.45) is 4.99 Å². The Labute approximate surface area is 174 Å². The van der Waals surface area contributed by atoms with Crippen molar-refractivity contribution in [1.29, 1.82) is 0 Å². The third-order valence-electron chi connectivity index (χ3n) is 5.12. The molecule has 0 radical (unpaired) electrons. The molecule has 0 aliphatic carbocycles. The predicted octanol–water partition coefficient (Wildman–Crippen LogP) is 4.61. The van der Waals surface area contributed by atoms with Crippen molar-refractivity contribution >= 4 is 23.5 Å². The number of phenolic OH excluding ortho intramolecular Hbond substituents is 1. The molecule has 1 N–H and O–H groups in total. The zero-order valence-electron chi connectivity index (χ0n) is 16.3. The molecule has 1 aliphatic heterocycles. The molecule has 29 heavy (non-hydrogen) atoms. The highest BCUT2D eigenvalue weighted by molar-refractivity contribution is 6.31. The van der Waals surface area contributed by atoms with Crippen LogP contribution in [-0.4, -0.2) is 47.9 Å². The molecule has 0 saturated carbocycles. The van der Waals surface area contributed by atoms with Gasteiger partial charge in [-0.3, -0.25) is 20.0 Å². The van der Waals surface area contributed by atoms with Gasteiger partial charge in [0.25, 0.3) is 0 Å². The fraction of sp³-hybridized carbons (Fsp3) is 0.381. The van der Waals surface area contributed by atoms with Crippen molar-refractivity contribution in [3.63, 3.8) is 0 Å². The Morgan fingerprint density at radius 3 is 2.59 bits per heavy atom. The molecule has 2 aromatic carbocycles. The summed E-state index contributed by atoms with van der Waals surface area (Å²) in [5.41, 5.74) is 0.934. The van der Waals surface area contributed by atoms with E-state index in [0.717, 1.165) is 43.3 Å². The van der Waals surface area contributed by atoms with Gasteiger partial charge in [-0.15, -0.1) is 0 Å². The largest absolute Gasteiger partial charge is 0.502 e. The number of rotatable bonds is 7. The zero-order chi connectivity index (χ0) is 20.8. The summed E-state index contributed by atoms with van der Waals surface area (Å²) in [5, 5.41) is 21.4. The van der Waals surface area contributed by atoms with Gasteiger partial charge in [-0.05, 0) is 49.7 Å². The van der Waals surface area contributed by atoms with Gasteiger partial charge in [0, 0.05) is 22.9 Å². The van der Waals surface area contributed by atoms with Gasteiger partial charge in [0.1, 0.15) is 5.75 Å². The van der Waals surface area contributed by atoms with Crippen LogP contribution in [0.3, 0.4) is 0 Å². The first-order chi connectivity index (χ1) is 14.0. The van der Waals surface area contributed by atoms with Crippen LogP contribution in [0.4, 0.5) is 5.69 Å². The third kappa shape index (κ3) is 5.25. The van der Waals surface area contributed by atoms with Gasteiger partial charge in [-0.2, -0.15) is 0 Å². The van der Waals surface area contributed by atoms with E-state index in [2.05, 4.69) is 9.89 Å². The number of methoxy groups -OCH3 is 1. The summed E-state index contributed by atoms with van der Waals surface area (Å²) in [7, 11) is 1.64. The standard InChI is InChI=1S/C21H24ClN3O4/c1-29-18-7-5-15(6-8-18)20(24-9-3-2-4-10-24)14-23-13-16-11-17(22)12-19(21(16)26)25(27)28/h5-8,11-13,20,26H,2-4,9-10,14H2,1H3/t20-/m1/s1. The highest BCUT2D eigenvalue weighted by atomic mass is 35.5. The van der Waals surface area contributed by atoms with Gasteiger partial charge in [0.05, 0.1) is 24.6 Å². The molecule has 7 nitrogen and oxygen atoms in total. The van der Waals surface area contributed by atoms with Crippen molar-refractivity contribution < 1.29 is 14.8 Å². The Kier molecular flexibility index (Phi) is 7.06. The van der Waals surface area contributed by atoms with Crippen LogP contribution in [0, 0.1) is 10.1 Å². The van der Waals surface area contributed by atoms with Crippen LogP contribution in [0.1, 0.15) is 36.4 Å². The Morgan fingerprint density at radius 2 is 1.97 bits per heavy atom. The Bertz CT molecular complexity index is 880. The number of nitro groups is 1. The second kappa shape index (κ2) is 9.71. The molecule has 154 valence electrons. The van der Waals surface area contributed by atoms with Crippen molar-refractivity contribution in [3.05, 3.63) is 62.7 Å². The molecule has 1 fully saturated rings. The molecule has 0 unspecified atom stereocenters. The van der Waals surface area contributed by atoms with Crippen LogP contribution in [-0.2, 0) is 0 Å². The molecular weight excluding hydrogens is 394 g/mol. The summed E-state index contributed by atoms with van der Waals surface area (Å²) >= 11 is 5.96. The molecule has 0 amide bonds. The lowest BCUT2D eigenvalue weighted by molar-refractivity contribution is -0.385. The van der Waals surface area contributed by atoms with E-state index >= 15 is 0 Å². The molecule has 0 spiro atoms. The van der Waals surface area contributed by atoms with Crippen LogP contribution in [0.5, 0.6) is 11.5 Å². The monoisotopic (exact) mass is 417 g/mol. The van der Waals surface area contributed by atoms with Crippen molar-refractivity contribution in [3.8, 4) is 11.5 Å². The lowest BCUT2D eigenvalue weighted by Crippen LogP contribution is -2.35. The SMILES string of the molecule is COc1ccc([C@@H](CN=Cc2cc(Cl)cc([N+](=O)[O-])c2O)N2CCCCC2)cc1. The van der Waals surface area contributed by atoms with E-state index in [0.29, 0.717) is 6.54 Å². The molecule has 1 atom stereocenters. The van der Waals surface area contributed by atoms with E-state index in [1.165, 1.54) is 18.7 Å². The van der Waals surface area contributed by atoms with Crippen molar-refractivity contribution in [2.45, 2.75) is 25.3 Å². The molecule has 0 aromatic heterocycles. The highest BCUT2D eigenvalue weighted by Gasteiger charge is 2.22. The quantitative estimate of drug-likeness (QED) is 0.403. The van der Waals surface area contributed by atoms with E-state index < -0.39 is 16.4 Å². The minimum Gasteiger partial charge on any atom is -0.502 e. The fourth-order valence-electron chi connectivity index (χ4n) is 3.58. The van der Waals surface area contributed by atoms with Crippen LogP contribution in [0.2, 0.25) is 5.02 Å². The maximum Gasteiger partial charge on any atom is 0.312 e. The number of nitrogens with zero attached hydrogens (tertiary/aromatic N) is 3. The fourth-order valence-corrected chi connectivity index (χ4v) is 3.80. The van der Waals surface area contributed by atoms with E-state index in [9.17, 15) is 15.2 Å². The third-order valence-corrected chi connectivity index (χ3v) is 5.34. The summed E-state index contributed by atoms with van der Waals surface area (Å²) < 4.78 is 5.25. The number of aliphatic imine (C=N–C) groups is 1. The molecule has 0 bridgehead atoms. The van der Waals surface area contributed by atoms with Gasteiger partial charge >= 0.3 is 5.69 Å². The Morgan fingerprint density at radius 1 is 1.28 bits per heavy atom. The highest BCUT2D eigenvalue weighted by Crippen LogP contribution is 2.32. The van der Waals surface area contributed by atoms with Gasteiger partial charge < -0.3 is 9.84 Å². The van der Waals surface area contributed by atoms with Gasteiger partial charge in [-0.1, -0.05) is 30.2 Å². The number of phenols is 1. The maximum absolute atomic E-state index is 11.1. The van der Waals surface area contributed by atoms with Crippen molar-refractivity contribution in [1.82, 2.24) is 4.90 Å². The van der Waals surface area contributed by atoms with E-state index in [4.69, 9.17) is 16.3 Å². The van der Waals surface area contributed by atoms with E-state index in [1.807, 2.05) is 24.3 Å². The summed E-state index contributed by atoms with van der Waals surface area (Å²) in [4.78, 5) is 17.3. The number of hydrogen-bond donors (Lipinski definition) is 1. The van der Waals surface area contributed by atoms with Crippen LogP contribution < -0.4 is 4.74 Å². The summed E-state index contributed by atoms with van der Waals surface area (Å²) in [6.45, 7) is 2.46. The number of ether oxygens (including phenoxy) is 1. The topological polar surface area (TPSA) is 88.2 Å². The summed E-state index contributed by atoms with van der Waals surface area (Å²) in [6, 6.07) is 10.6. The van der Waals surface area contributed by atoms with Crippen LogP contribution in [0.25, 0.3) is 0 Å². The number of piperidine rings is 1. The second-order valence-electron chi connectivity index (χ2n) is 7.00. The zero-order valence-corrected chi connectivity index (χ0v) is 17.0. The first-order valence-electron chi connectivity index (χ1n) is 9.54. The minimum atomic E-state index is -0.660. The smallest absolute Gasteiger partial charge is 0.312 e. The molecule has 1 aliphatic rings. The maximum atomic E-state index is 11.1. The second-order valence-corrected chi connectivity index (χ2v) is 7.44. The van der Waals surface area contributed by atoms with Gasteiger partial charge in [0.15, 0.2) is 0 Å². The first-order valence-corrected chi connectivity index (χ1v) is 9.92. The predicted molar refractivity (Wildman–Crippen MR) is 113 cm³/mol. The summed E-state index contributed by atoms with van der Waals surface area (Å²) in [5.74, 6) is 0.368. The molecule has 3 rings (SSSR count). The first kappa shape index (κ1) is 21.1. The van der Waals surface area contributed by atoms with Crippen molar-refractivity contribution in [2.75, 3.05) is 26.7 Å². The number of aromatic hydroxyl groups is 1. The van der Waals surface area contributed by atoms with Crippen LogP contribution >= 0.6 is 11.6 Å². The lowest BCUT2D eigenvalue weighted by atomic mass is 10.0. The van der Waals surface area contributed by atoms with E-state index in [-0.39, 0.29) is 16.6 Å². The number of hydrogen-bond acceptors (Lipinski definition) is 6. The molecule has 1 saturated heterocycles. The average Bonchev–Trinajstić information content (AvgIpc) is 2.74. The van der Waals surface area contributed by atoms with E-state index in [1.54, 1.807) is 7.11 Å². The minimum absolute atomic E-state index is 0.0776. The number of likely N-dealkylation sites (tertiary alicyclic amines) is 1. The number of nitro benzene ring substituents is 1. The normalized spacial score (nSPS) is 16.1. The number of halogens is 1. The van der Waals surface area contributed by atoms with Crippen LogP contribution in [0.15, 0.2) is 41.4 Å². The Hall–Kier alpha value is -2.64. The molecule has 2 aromatic rings. The van der Waals surface area contributed by atoms with Gasteiger partial charge in [0.2, 0.25) is 5.75 Å². The summed E-state index contributed by atoms with van der Waals surface area (Å²) in [6.07, 6.45) is 4.99. The molecule has 8 heteroatoms. The Balaban J connectivity index is 1.83. The molecular formula is C21H24ClN3O4. The average molecular weight is 418 g/mol. The van der Waals surface area contributed by atoms with Gasteiger partial charge in [-0.25, -0.2) is 0 Å². The number of benzene rings is 2. The molecule has 1 heterocycles.